The number of nitrogens with zero attached hydrogens (tertiary/aromatic N) is 4. The second-order valence-corrected chi connectivity index (χ2v) is 4.99. The Labute approximate surface area is 117 Å². The van der Waals surface area contributed by atoms with Crippen molar-refractivity contribution in [2.75, 3.05) is 24.3 Å². The zero-order chi connectivity index (χ0) is 14.1. The van der Waals surface area contributed by atoms with Crippen LogP contribution in [0.4, 0.5) is 11.6 Å². The van der Waals surface area contributed by atoms with Crippen molar-refractivity contribution in [3.8, 4) is 0 Å². The summed E-state index contributed by atoms with van der Waals surface area (Å²) in [6.45, 7) is 0.724. The number of aromatic amines is 1. The molecule has 0 aliphatic carbocycles. The molecule has 0 amide bonds. The predicted octanol–water partition coefficient (Wildman–Crippen LogP) is 1.97. The van der Waals surface area contributed by atoms with Gasteiger partial charge in [-0.1, -0.05) is 6.07 Å². The third kappa shape index (κ3) is 2.09. The Balaban J connectivity index is 1.81. The molecule has 0 saturated heterocycles. The molecule has 0 fully saturated rings. The van der Waals surface area contributed by atoms with Crippen LogP contribution in [0.25, 0.3) is 10.9 Å². The summed E-state index contributed by atoms with van der Waals surface area (Å²) in [6, 6.07) is 6.08. The van der Waals surface area contributed by atoms with Crippen LogP contribution in [0.2, 0.25) is 0 Å². The Morgan fingerprint density at radius 1 is 1.30 bits per heavy atom. The van der Waals surface area contributed by atoms with Gasteiger partial charge in [-0.15, -0.1) is 0 Å². The van der Waals surface area contributed by atoms with Gasteiger partial charge in [-0.25, -0.2) is 4.98 Å². The molecule has 6 nitrogen and oxygen atoms in total. The monoisotopic (exact) mass is 270 g/mol. The fourth-order valence-corrected chi connectivity index (χ4v) is 2.32. The first-order chi connectivity index (χ1) is 9.66. The summed E-state index contributed by atoms with van der Waals surface area (Å²) in [5.74, 6) is 0.948. The molecule has 0 aliphatic rings. The maximum atomic E-state index is 4.41. The minimum absolute atomic E-state index is 0.724. The smallest absolute Gasteiger partial charge is 0.204 e. The molecule has 20 heavy (non-hydrogen) atoms. The first kappa shape index (κ1) is 12.5. The van der Waals surface area contributed by atoms with Gasteiger partial charge in [0, 0.05) is 32.2 Å². The molecular weight excluding hydrogens is 252 g/mol. The van der Waals surface area contributed by atoms with E-state index in [1.54, 1.807) is 0 Å². The Bertz CT molecular complexity index is 724. The van der Waals surface area contributed by atoms with Crippen molar-refractivity contribution in [2.45, 2.75) is 6.54 Å². The van der Waals surface area contributed by atoms with Gasteiger partial charge in [-0.2, -0.15) is 5.10 Å². The van der Waals surface area contributed by atoms with Crippen LogP contribution in [0.5, 0.6) is 0 Å². The summed E-state index contributed by atoms with van der Waals surface area (Å²) in [7, 11) is 6.01. The molecule has 0 spiro atoms. The van der Waals surface area contributed by atoms with Gasteiger partial charge in [0.15, 0.2) is 0 Å². The van der Waals surface area contributed by atoms with Crippen LogP contribution >= 0.6 is 0 Å². The number of rotatable bonds is 4. The van der Waals surface area contributed by atoms with E-state index in [1.165, 1.54) is 0 Å². The quantitative estimate of drug-likeness (QED) is 0.761. The maximum Gasteiger partial charge on any atom is 0.204 e. The number of benzene rings is 1. The zero-order valence-electron chi connectivity index (χ0n) is 11.9. The lowest BCUT2D eigenvalue weighted by Crippen LogP contribution is -2.15. The van der Waals surface area contributed by atoms with E-state index < -0.39 is 0 Å². The van der Waals surface area contributed by atoms with Gasteiger partial charge >= 0.3 is 0 Å². The molecule has 1 aromatic carbocycles. The van der Waals surface area contributed by atoms with E-state index in [0.29, 0.717) is 0 Å². The van der Waals surface area contributed by atoms with Crippen LogP contribution in [-0.2, 0) is 13.6 Å². The number of fused-ring (bicyclic) bond motifs is 1. The van der Waals surface area contributed by atoms with Crippen LogP contribution in [0, 0.1) is 0 Å². The highest BCUT2D eigenvalue weighted by Crippen LogP contribution is 2.22. The summed E-state index contributed by atoms with van der Waals surface area (Å²) in [5.41, 5.74) is 3.24. The van der Waals surface area contributed by atoms with E-state index in [0.717, 1.165) is 34.8 Å². The van der Waals surface area contributed by atoms with Gasteiger partial charge in [0.1, 0.15) is 0 Å². The molecule has 6 heteroatoms. The summed E-state index contributed by atoms with van der Waals surface area (Å²) in [6.07, 6.45) is 3.74. The summed E-state index contributed by atoms with van der Waals surface area (Å²) in [4.78, 5) is 6.41. The van der Waals surface area contributed by atoms with E-state index in [4.69, 9.17) is 0 Å². The molecule has 3 rings (SSSR count). The number of nitrogens with one attached hydrogen (secondary N) is 2. The number of hydrogen-bond donors (Lipinski definition) is 2. The summed E-state index contributed by atoms with van der Waals surface area (Å²) in [5, 5.41) is 11.6. The number of aromatic nitrogens is 4. The Morgan fingerprint density at radius 3 is 2.90 bits per heavy atom. The Kier molecular flexibility index (Phi) is 3.06. The van der Waals surface area contributed by atoms with Gasteiger partial charge in [0.25, 0.3) is 0 Å². The lowest BCUT2D eigenvalue weighted by atomic mass is 10.2. The minimum Gasteiger partial charge on any atom is -0.379 e. The number of H-pyrrole nitrogens is 1. The molecule has 0 radical (unpaired) electrons. The molecule has 0 saturated carbocycles. The normalized spacial score (nSPS) is 10.9. The second kappa shape index (κ2) is 4.88. The number of imidazole rings is 1. The maximum absolute atomic E-state index is 4.41. The van der Waals surface area contributed by atoms with Crippen LogP contribution < -0.4 is 10.2 Å². The fraction of sp³-hybridized carbons (Fsp3) is 0.286. The molecule has 0 unspecified atom stereocenters. The van der Waals surface area contributed by atoms with Crippen molar-refractivity contribution in [3.63, 3.8) is 0 Å². The number of hydrogen-bond acceptors (Lipinski definition) is 4. The molecule has 104 valence electrons. The highest BCUT2D eigenvalue weighted by molar-refractivity contribution is 5.90. The molecule has 0 aliphatic heterocycles. The standard InChI is InChI=1S/C14H18N6/c1-19(2)14-16-8-10(20(14)3)7-15-12-5-4-6-13-11(12)9-17-18-13/h4-6,8-9,15H,7H2,1-3H3,(H,17,18). The van der Waals surface area contributed by atoms with Crippen molar-refractivity contribution in [2.24, 2.45) is 7.05 Å². The van der Waals surface area contributed by atoms with Crippen LogP contribution in [0.3, 0.4) is 0 Å². The first-order valence-electron chi connectivity index (χ1n) is 6.50. The Morgan fingerprint density at radius 2 is 2.15 bits per heavy atom. The van der Waals surface area contributed by atoms with E-state index in [-0.39, 0.29) is 0 Å². The molecular formula is C14H18N6. The highest BCUT2D eigenvalue weighted by atomic mass is 15.3. The second-order valence-electron chi connectivity index (χ2n) is 4.99. The topological polar surface area (TPSA) is 61.8 Å². The van der Waals surface area contributed by atoms with Crippen molar-refractivity contribution in [3.05, 3.63) is 36.3 Å². The van der Waals surface area contributed by atoms with E-state index in [9.17, 15) is 0 Å². The summed E-state index contributed by atoms with van der Waals surface area (Å²) < 4.78 is 2.09. The van der Waals surface area contributed by atoms with Gasteiger partial charge in [0.05, 0.1) is 30.1 Å². The lowest BCUT2D eigenvalue weighted by Gasteiger charge is -2.13. The highest BCUT2D eigenvalue weighted by Gasteiger charge is 2.08. The molecule has 2 aromatic heterocycles. The SMILES string of the molecule is CN(C)c1ncc(CNc2cccc3[nH]ncc23)n1C. The van der Waals surface area contributed by atoms with Gasteiger partial charge in [-0.3, -0.25) is 5.10 Å². The third-order valence-electron chi connectivity index (χ3n) is 3.40. The van der Waals surface area contributed by atoms with Crippen molar-refractivity contribution in [1.82, 2.24) is 19.7 Å². The average molecular weight is 270 g/mol. The van der Waals surface area contributed by atoms with Gasteiger partial charge in [0.2, 0.25) is 5.95 Å². The first-order valence-corrected chi connectivity index (χ1v) is 6.50. The molecule has 2 heterocycles. The van der Waals surface area contributed by atoms with Crippen molar-refractivity contribution < 1.29 is 0 Å². The van der Waals surface area contributed by atoms with Crippen molar-refractivity contribution in [1.29, 1.82) is 0 Å². The largest absolute Gasteiger partial charge is 0.379 e. The van der Waals surface area contributed by atoms with Gasteiger partial charge < -0.3 is 14.8 Å². The number of anilines is 2. The molecule has 2 N–H and O–H groups in total. The van der Waals surface area contributed by atoms with E-state index >= 15 is 0 Å². The zero-order valence-corrected chi connectivity index (χ0v) is 11.9. The van der Waals surface area contributed by atoms with Crippen LogP contribution in [0.15, 0.2) is 30.6 Å². The average Bonchev–Trinajstić information content (AvgIpc) is 3.03. The van der Waals surface area contributed by atoms with Crippen LogP contribution in [0.1, 0.15) is 5.69 Å². The molecule has 3 aromatic rings. The molecule has 0 bridgehead atoms. The minimum atomic E-state index is 0.724. The van der Waals surface area contributed by atoms with Crippen LogP contribution in [-0.4, -0.2) is 33.8 Å². The third-order valence-corrected chi connectivity index (χ3v) is 3.40. The predicted molar refractivity (Wildman–Crippen MR) is 81.0 cm³/mol. The van der Waals surface area contributed by atoms with E-state index in [2.05, 4.69) is 31.1 Å². The van der Waals surface area contributed by atoms with Gasteiger partial charge in [-0.05, 0) is 12.1 Å². The van der Waals surface area contributed by atoms with Crippen molar-refractivity contribution >= 4 is 22.5 Å². The molecule has 0 atom stereocenters. The van der Waals surface area contributed by atoms with E-state index in [1.807, 2.05) is 50.6 Å². The fourth-order valence-electron chi connectivity index (χ4n) is 2.32. The Hall–Kier alpha value is -2.50. The summed E-state index contributed by atoms with van der Waals surface area (Å²) >= 11 is 0. The lowest BCUT2D eigenvalue weighted by molar-refractivity contribution is 0.814.